The average Bonchev–Trinajstić information content (AvgIpc) is 3.21. The number of amides is 1. The number of hydrogen-bond acceptors (Lipinski definition) is 6. The van der Waals surface area contributed by atoms with Crippen molar-refractivity contribution in [1.82, 2.24) is 4.98 Å². The van der Waals surface area contributed by atoms with Gasteiger partial charge in [-0.05, 0) is 47.1 Å². The van der Waals surface area contributed by atoms with Crippen LogP contribution in [0.25, 0.3) is 11.3 Å². The number of nitrogens with two attached hydrogens (primary N) is 1. The smallest absolute Gasteiger partial charge is 0.416 e. The average molecular weight is 575 g/mol. The Morgan fingerprint density at radius 2 is 1.75 bits per heavy atom. The molecule has 0 aliphatic carbocycles. The molecule has 3 aromatic rings. The van der Waals surface area contributed by atoms with Crippen molar-refractivity contribution >= 4 is 36.6 Å². The van der Waals surface area contributed by atoms with E-state index in [1.54, 1.807) is 0 Å². The normalized spacial score (nSPS) is 11.6. The number of halogens is 7. The topological polar surface area (TPSA) is 116 Å². The molecule has 0 spiro atoms. The molecule has 196 valence electrons. The van der Waals surface area contributed by atoms with Crippen LogP contribution in [0.1, 0.15) is 41.8 Å². The van der Waals surface area contributed by atoms with Gasteiger partial charge in [0.1, 0.15) is 17.1 Å². The molecule has 7 nitrogen and oxygen atoms in total. The van der Waals surface area contributed by atoms with Crippen molar-refractivity contribution in [2.45, 2.75) is 26.1 Å². The Hall–Kier alpha value is -2.79. The summed E-state index contributed by atoms with van der Waals surface area (Å²) in [5.74, 6) is -4.94. The summed E-state index contributed by atoms with van der Waals surface area (Å²) in [5.41, 5.74) is 3.14. The summed E-state index contributed by atoms with van der Waals surface area (Å²) >= 11 is 10.4. The summed E-state index contributed by atoms with van der Waals surface area (Å²) in [4.78, 5) is 15.2. The molecule has 15 heteroatoms. The third kappa shape index (κ3) is 7.86. The Labute approximate surface area is 213 Å². The molecule has 1 heterocycles. The number of carbonyl (C=O) groups excluding carboxylic acids is 1. The zero-order valence-electron chi connectivity index (χ0n) is 18.4. The van der Waals surface area contributed by atoms with Gasteiger partial charge >= 0.3 is 6.18 Å². The van der Waals surface area contributed by atoms with Gasteiger partial charge in [-0.2, -0.15) is 13.2 Å². The molecule has 2 aromatic carbocycles. The lowest BCUT2D eigenvalue weighted by Gasteiger charge is -2.15. The van der Waals surface area contributed by atoms with Gasteiger partial charge in [-0.1, -0.05) is 26.0 Å². The van der Waals surface area contributed by atoms with Crippen LogP contribution >= 0.6 is 30.7 Å². The van der Waals surface area contributed by atoms with Gasteiger partial charge < -0.3 is 20.0 Å². The van der Waals surface area contributed by atoms with E-state index in [2.05, 4.69) is 16.2 Å². The molecule has 1 amide bonds. The van der Waals surface area contributed by atoms with Gasteiger partial charge in [0.05, 0.1) is 12.2 Å². The summed E-state index contributed by atoms with van der Waals surface area (Å²) in [6, 6.07) is 5.47. The minimum atomic E-state index is -4.53. The molecule has 0 saturated heterocycles. The molecule has 0 bridgehead atoms. The van der Waals surface area contributed by atoms with E-state index < -0.39 is 53.3 Å². The molecule has 0 aliphatic rings. The zero-order valence-corrected chi connectivity index (χ0v) is 20.9. The number of oxazole rings is 1. The molecule has 1 unspecified atom stereocenters. The van der Waals surface area contributed by atoms with Gasteiger partial charge in [0.15, 0.2) is 17.7 Å². The SMILES string of the molecule is CC.NC(=O)c1c(F)ccc(OC(CO)c2nc(-c3ccc(C(F)(F)F)cc3)c(Cl)o2)c1F.O=PCl. The highest BCUT2D eigenvalue weighted by atomic mass is 35.7. The van der Waals surface area contributed by atoms with Crippen LogP contribution in [-0.2, 0) is 10.7 Å². The molecule has 3 rings (SSSR count). The third-order valence-electron chi connectivity index (χ3n) is 4.10. The van der Waals surface area contributed by atoms with E-state index in [0.29, 0.717) is 0 Å². The van der Waals surface area contributed by atoms with E-state index in [4.69, 9.17) is 31.1 Å². The number of alkyl halides is 3. The standard InChI is InChI=1S/C19H12ClF5N2O4.C2H6.ClOP/c20-16-15(8-1-3-9(4-2-8)19(23,24)25)27-18(31-16)12(7-28)30-11-6-5-10(21)13(14(11)22)17(26)29;1-2;1-3-2/h1-6,12,28H,7H2,(H2,26,29);1-2H3;. The van der Waals surface area contributed by atoms with Crippen LogP contribution < -0.4 is 10.5 Å². The predicted octanol–water partition coefficient (Wildman–Crippen LogP) is 6.96. The second-order valence-electron chi connectivity index (χ2n) is 6.21. The van der Waals surface area contributed by atoms with Crippen molar-refractivity contribution in [2.75, 3.05) is 6.61 Å². The van der Waals surface area contributed by atoms with E-state index in [0.717, 1.165) is 36.4 Å². The monoisotopic (exact) mass is 574 g/mol. The molecular weight excluding hydrogens is 557 g/mol. The Balaban J connectivity index is 0.00000120. The number of hydrogen-bond donors (Lipinski definition) is 2. The maximum Gasteiger partial charge on any atom is 0.416 e. The van der Waals surface area contributed by atoms with Crippen molar-refractivity contribution in [2.24, 2.45) is 5.73 Å². The van der Waals surface area contributed by atoms with Gasteiger partial charge in [-0.3, -0.25) is 9.36 Å². The number of aliphatic hydroxyl groups is 1. The van der Waals surface area contributed by atoms with E-state index in [1.807, 2.05) is 13.8 Å². The highest BCUT2D eigenvalue weighted by molar-refractivity contribution is 7.57. The highest BCUT2D eigenvalue weighted by Crippen LogP contribution is 2.35. The van der Waals surface area contributed by atoms with E-state index in [9.17, 15) is 31.9 Å². The van der Waals surface area contributed by atoms with Crippen molar-refractivity contribution in [3.8, 4) is 17.0 Å². The summed E-state index contributed by atoms with van der Waals surface area (Å²) in [6.45, 7) is 3.20. The van der Waals surface area contributed by atoms with Crippen LogP contribution in [0.4, 0.5) is 22.0 Å². The lowest BCUT2D eigenvalue weighted by atomic mass is 10.1. The molecule has 0 fully saturated rings. The van der Waals surface area contributed by atoms with Crippen LogP contribution in [0.15, 0.2) is 40.8 Å². The van der Waals surface area contributed by atoms with Crippen LogP contribution in [-0.4, -0.2) is 22.6 Å². The lowest BCUT2D eigenvalue weighted by Crippen LogP contribution is -2.18. The zero-order chi connectivity index (χ0) is 27.6. The Kier molecular flexibility index (Phi) is 12.2. The molecule has 0 radical (unpaired) electrons. The largest absolute Gasteiger partial charge is 0.475 e. The predicted molar refractivity (Wildman–Crippen MR) is 122 cm³/mol. The first-order valence-corrected chi connectivity index (χ1v) is 11.9. The van der Waals surface area contributed by atoms with Gasteiger partial charge in [0.2, 0.25) is 11.1 Å². The maximum atomic E-state index is 14.4. The first-order valence-electron chi connectivity index (χ1n) is 9.77. The number of primary amides is 1. The number of ether oxygens (including phenoxy) is 1. The van der Waals surface area contributed by atoms with Crippen LogP contribution in [0.2, 0.25) is 5.22 Å². The Bertz CT molecular complexity index is 1180. The molecular formula is C21H18Cl2F5N2O5P. The van der Waals surface area contributed by atoms with Gasteiger partial charge in [0.25, 0.3) is 13.7 Å². The fourth-order valence-electron chi connectivity index (χ4n) is 2.62. The van der Waals surface area contributed by atoms with E-state index >= 15 is 0 Å². The molecule has 0 aliphatic heterocycles. The van der Waals surface area contributed by atoms with E-state index in [1.165, 1.54) is 0 Å². The Morgan fingerprint density at radius 3 is 2.22 bits per heavy atom. The molecule has 1 atom stereocenters. The first-order chi connectivity index (χ1) is 16.9. The number of aromatic nitrogens is 1. The minimum absolute atomic E-state index is 0.0511. The number of aliphatic hydroxyl groups excluding tert-OH is 1. The van der Waals surface area contributed by atoms with Crippen LogP contribution in [0.5, 0.6) is 5.75 Å². The molecule has 36 heavy (non-hydrogen) atoms. The minimum Gasteiger partial charge on any atom is -0.475 e. The van der Waals surface area contributed by atoms with Gasteiger partial charge in [-0.15, -0.1) is 0 Å². The summed E-state index contributed by atoms with van der Waals surface area (Å²) in [7, 11) is -0.361. The highest BCUT2D eigenvalue weighted by Gasteiger charge is 2.31. The summed E-state index contributed by atoms with van der Waals surface area (Å²) < 4.78 is 85.2. The first kappa shape index (κ1) is 31.2. The number of rotatable bonds is 6. The van der Waals surface area contributed by atoms with Crippen LogP contribution in [0.3, 0.4) is 0 Å². The summed E-state index contributed by atoms with van der Waals surface area (Å²) in [6.07, 6.45) is -5.97. The second kappa shape index (κ2) is 14.1. The summed E-state index contributed by atoms with van der Waals surface area (Å²) in [5, 5.41) is 9.26. The van der Waals surface area contributed by atoms with E-state index in [-0.39, 0.29) is 30.2 Å². The fourth-order valence-corrected chi connectivity index (χ4v) is 2.85. The van der Waals surface area contributed by atoms with Gasteiger partial charge in [-0.25, -0.2) is 13.8 Å². The maximum absolute atomic E-state index is 14.4. The number of carbonyl (C=O) groups is 1. The Morgan fingerprint density at radius 1 is 1.19 bits per heavy atom. The lowest BCUT2D eigenvalue weighted by molar-refractivity contribution is -0.137. The van der Waals surface area contributed by atoms with Crippen molar-refractivity contribution < 1.29 is 45.6 Å². The van der Waals surface area contributed by atoms with Crippen molar-refractivity contribution in [3.05, 3.63) is 70.3 Å². The fraction of sp³-hybridized carbons (Fsp3) is 0.238. The number of nitrogens with zero attached hydrogens (tertiary/aromatic N) is 1. The van der Waals surface area contributed by atoms with Gasteiger partial charge in [0, 0.05) is 5.56 Å². The van der Waals surface area contributed by atoms with Crippen LogP contribution in [0, 0.1) is 11.6 Å². The molecule has 3 N–H and O–H groups in total. The van der Waals surface area contributed by atoms with Crippen molar-refractivity contribution in [1.29, 1.82) is 0 Å². The molecule has 0 saturated carbocycles. The third-order valence-corrected chi connectivity index (χ3v) is 4.36. The van der Waals surface area contributed by atoms with Crippen molar-refractivity contribution in [3.63, 3.8) is 0 Å². The molecule has 1 aromatic heterocycles. The quantitative estimate of drug-likeness (QED) is 0.243. The number of benzene rings is 2. The second-order valence-corrected chi connectivity index (χ2v) is 7.10.